The molecule has 0 radical (unpaired) electrons. The lowest BCUT2D eigenvalue weighted by molar-refractivity contribution is 0.1000. The summed E-state index contributed by atoms with van der Waals surface area (Å²) in [6.07, 6.45) is 0. The van der Waals surface area contributed by atoms with Crippen molar-refractivity contribution in [2.24, 2.45) is 5.73 Å². The highest BCUT2D eigenvalue weighted by atomic mass is 32.2. The lowest BCUT2D eigenvalue weighted by Gasteiger charge is -2.12. The van der Waals surface area contributed by atoms with E-state index >= 15 is 0 Å². The molecule has 3 N–H and O–H groups in total. The molecule has 0 aliphatic rings. The molecule has 1 amide bonds. The second-order valence-electron chi connectivity index (χ2n) is 4.90. The second-order valence-corrected chi connectivity index (χ2v) is 6.64. The van der Waals surface area contributed by atoms with Crippen LogP contribution in [-0.2, 0) is 16.6 Å². The van der Waals surface area contributed by atoms with Crippen molar-refractivity contribution in [3.63, 3.8) is 0 Å². The number of amides is 1. The minimum absolute atomic E-state index is 0.0156. The second kappa shape index (κ2) is 7.33. The topological polar surface area (TPSA) is 108 Å². The molecule has 0 bridgehead atoms. The fraction of sp³-hybridized carbons (Fsp3) is 0.188. The van der Waals surface area contributed by atoms with Gasteiger partial charge in [0.15, 0.2) is 0 Å². The van der Waals surface area contributed by atoms with Crippen molar-refractivity contribution in [1.82, 2.24) is 4.72 Å². The van der Waals surface area contributed by atoms with E-state index in [1.807, 2.05) is 0 Å². The van der Waals surface area contributed by atoms with E-state index in [9.17, 15) is 13.2 Å². The molecule has 0 aliphatic heterocycles. The standard InChI is InChI=1S/C16H18N2O5S/c1-22-13-7-8-14(23-2)15(9-13)24(20,21)18-10-11-3-5-12(6-4-11)16(17)19/h3-9,18H,10H2,1-2H3,(H2,17,19). The minimum atomic E-state index is -3.81. The monoisotopic (exact) mass is 350 g/mol. The van der Waals surface area contributed by atoms with Crippen LogP contribution < -0.4 is 19.9 Å². The summed E-state index contributed by atoms with van der Waals surface area (Å²) < 4.78 is 37.7. The summed E-state index contributed by atoms with van der Waals surface area (Å²) in [5.74, 6) is 0.0811. The van der Waals surface area contributed by atoms with Gasteiger partial charge in [-0.05, 0) is 29.8 Å². The first kappa shape index (κ1) is 17.8. The molecule has 0 spiro atoms. The molecule has 0 aromatic heterocycles. The van der Waals surface area contributed by atoms with Crippen LogP contribution in [0.4, 0.5) is 0 Å². The molecule has 128 valence electrons. The summed E-state index contributed by atoms with van der Waals surface area (Å²) in [4.78, 5) is 11.0. The van der Waals surface area contributed by atoms with E-state index in [2.05, 4.69) is 4.72 Å². The molecule has 0 saturated carbocycles. The van der Waals surface area contributed by atoms with Gasteiger partial charge < -0.3 is 15.2 Å². The largest absolute Gasteiger partial charge is 0.497 e. The van der Waals surface area contributed by atoms with Crippen molar-refractivity contribution in [3.8, 4) is 11.5 Å². The Hall–Kier alpha value is -2.58. The van der Waals surface area contributed by atoms with Crippen LogP contribution in [0.25, 0.3) is 0 Å². The van der Waals surface area contributed by atoms with Crippen molar-refractivity contribution < 1.29 is 22.7 Å². The first-order valence-electron chi connectivity index (χ1n) is 6.98. The molecule has 0 unspecified atom stereocenters. The van der Waals surface area contributed by atoms with Crippen molar-refractivity contribution in [2.75, 3.05) is 14.2 Å². The summed E-state index contributed by atoms with van der Waals surface area (Å²) in [7, 11) is -0.964. The average molecular weight is 350 g/mol. The van der Waals surface area contributed by atoms with E-state index < -0.39 is 15.9 Å². The van der Waals surface area contributed by atoms with E-state index in [0.717, 1.165) is 0 Å². The van der Waals surface area contributed by atoms with Crippen LogP contribution in [0.15, 0.2) is 47.4 Å². The highest BCUT2D eigenvalue weighted by Gasteiger charge is 2.20. The molecule has 2 aromatic rings. The Morgan fingerprint density at radius 1 is 1.08 bits per heavy atom. The Kier molecular flexibility index (Phi) is 5.42. The zero-order valence-corrected chi connectivity index (χ0v) is 14.1. The van der Waals surface area contributed by atoms with Gasteiger partial charge in [0, 0.05) is 18.2 Å². The number of hydrogen-bond donors (Lipinski definition) is 2. The maximum atomic E-state index is 12.5. The third-order valence-corrected chi connectivity index (χ3v) is 4.79. The minimum Gasteiger partial charge on any atom is -0.497 e. The summed E-state index contributed by atoms with van der Waals surface area (Å²) in [5, 5.41) is 0. The highest BCUT2D eigenvalue weighted by Crippen LogP contribution is 2.28. The lowest BCUT2D eigenvalue weighted by atomic mass is 10.1. The zero-order chi connectivity index (χ0) is 17.7. The van der Waals surface area contributed by atoms with Gasteiger partial charge in [-0.25, -0.2) is 13.1 Å². The van der Waals surface area contributed by atoms with Crippen LogP contribution in [0.3, 0.4) is 0 Å². The summed E-state index contributed by atoms with van der Waals surface area (Å²) in [6, 6.07) is 10.9. The van der Waals surface area contributed by atoms with Crippen LogP contribution in [0.2, 0.25) is 0 Å². The molecule has 0 saturated heterocycles. The predicted octanol–water partition coefficient (Wildman–Crippen LogP) is 1.28. The molecule has 0 aliphatic carbocycles. The van der Waals surface area contributed by atoms with E-state index in [0.29, 0.717) is 16.9 Å². The third-order valence-electron chi connectivity index (χ3n) is 3.37. The van der Waals surface area contributed by atoms with E-state index in [1.54, 1.807) is 18.2 Å². The van der Waals surface area contributed by atoms with Crippen molar-refractivity contribution in [2.45, 2.75) is 11.4 Å². The molecule has 7 nitrogen and oxygen atoms in total. The van der Waals surface area contributed by atoms with Crippen LogP contribution in [0.1, 0.15) is 15.9 Å². The molecule has 0 atom stereocenters. The zero-order valence-electron chi connectivity index (χ0n) is 13.3. The Morgan fingerprint density at radius 3 is 2.29 bits per heavy atom. The van der Waals surface area contributed by atoms with Gasteiger partial charge in [0.05, 0.1) is 14.2 Å². The fourth-order valence-electron chi connectivity index (χ4n) is 2.04. The number of methoxy groups -OCH3 is 2. The predicted molar refractivity (Wildman–Crippen MR) is 88.5 cm³/mol. The van der Waals surface area contributed by atoms with Crippen molar-refractivity contribution in [3.05, 3.63) is 53.6 Å². The van der Waals surface area contributed by atoms with Crippen LogP contribution in [0, 0.1) is 0 Å². The summed E-state index contributed by atoms with van der Waals surface area (Å²) >= 11 is 0. The van der Waals surface area contributed by atoms with Gasteiger partial charge in [0.1, 0.15) is 16.4 Å². The molecule has 24 heavy (non-hydrogen) atoms. The Morgan fingerprint density at radius 2 is 1.75 bits per heavy atom. The quantitative estimate of drug-likeness (QED) is 0.782. The number of benzene rings is 2. The molecule has 0 fully saturated rings. The first-order chi connectivity index (χ1) is 11.4. The Labute approximate surface area is 140 Å². The molecular weight excluding hydrogens is 332 g/mol. The van der Waals surface area contributed by atoms with Gasteiger partial charge in [-0.3, -0.25) is 4.79 Å². The third kappa shape index (κ3) is 4.03. The number of nitrogens with two attached hydrogens (primary N) is 1. The van der Waals surface area contributed by atoms with Crippen LogP contribution in [-0.4, -0.2) is 28.5 Å². The Bertz CT molecular complexity index is 832. The number of rotatable bonds is 7. The highest BCUT2D eigenvalue weighted by molar-refractivity contribution is 7.89. The van der Waals surface area contributed by atoms with E-state index in [1.165, 1.54) is 38.5 Å². The van der Waals surface area contributed by atoms with Gasteiger partial charge in [-0.2, -0.15) is 0 Å². The van der Waals surface area contributed by atoms with Crippen molar-refractivity contribution >= 4 is 15.9 Å². The van der Waals surface area contributed by atoms with Crippen LogP contribution in [0.5, 0.6) is 11.5 Å². The van der Waals surface area contributed by atoms with Gasteiger partial charge >= 0.3 is 0 Å². The molecular formula is C16H18N2O5S. The van der Waals surface area contributed by atoms with E-state index in [-0.39, 0.29) is 17.2 Å². The maximum absolute atomic E-state index is 12.5. The van der Waals surface area contributed by atoms with Gasteiger partial charge in [0.25, 0.3) is 0 Å². The first-order valence-corrected chi connectivity index (χ1v) is 8.46. The number of ether oxygens (including phenoxy) is 2. The number of sulfonamides is 1. The molecule has 0 heterocycles. The SMILES string of the molecule is COc1ccc(OC)c(S(=O)(=O)NCc2ccc(C(N)=O)cc2)c1. The van der Waals surface area contributed by atoms with Gasteiger partial charge in [-0.15, -0.1) is 0 Å². The van der Waals surface area contributed by atoms with E-state index in [4.69, 9.17) is 15.2 Å². The maximum Gasteiger partial charge on any atom is 0.248 e. The van der Waals surface area contributed by atoms with Crippen molar-refractivity contribution in [1.29, 1.82) is 0 Å². The number of primary amides is 1. The number of hydrogen-bond acceptors (Lipinski definition) is 5. The summed E-state index contributed by atoms with van der Waals surface area (Å²) in [5.41, 5.74) is 6.21. The average Bonchev–Trinajstić information content (AvgIpc) is 2.59. The molecule has 8 heteroatoms. The molecule has 2 rings (SSSR count). The Balaban J connectivity index is 2.20. The van der Waals surface area contributed by atoms with Gasteiger partial charge in [-0.1, -0.05) is 12.1 Å². The summed E-state index contributed by atoms with van der Waals surface area (Å²) in [6.45, 7) is 0.0573. The number of nitrogens with one attached hydrogen (secondary N) is 1. The van der Waals surface area contributed by atoms with Crippen LogP contribution >= 0.6 is 0 Å². The number of carbonyl (C=O) groups excluding carboxylic acids is 1. The molecule has 2 aromatic carbocycles. The lowest BCUT2D eigenvalue weighted by Crippen LogP contribution is -2.24. The fourth-order valence-corrected chi connectivity index (χ4v) is 3.24. The van der Waals surface area contributed by atoms with Gasteiger partial charge in [0.2, 0.25) is 15.9 Å². The number of carbonyl (C=O) groups is 1. The normalized spacial score (nSPS) is 11.1. The smallest absolute Gasteiger partial charge is 0.248 e.